The van der Waals surface area contributed by atoms with Gasteiger partial charge in [0.1, 0.15) is 5.60 Å². The zero-order valence-electron chi connectivity index (χ0n) is 14.5. The molecule has 0 radical (unpaired) electrons. The first-order valence-electron chi connectivity index (χ1n) is 8.22. The van der Waals surface area contributed by atoms with Gasteiger partial charge in [-0.25, -0.2) is 4.79 Å². The topological polar surface area (TPSA) is 41.6 Å². The van der Waals surface area contributed by atoms with Gasteiger partial charge in [0.2, 0.25) is 0 Å². The van der Waals surface area contributed by atoms with E-state index >= 15 is 0 Å². The van der Waals surface area contributed by atoms with Gasteiger partial charge < -0.3 is 15.0 Å². The van der Waals surface area contributed by atoms with Crippen LogP contribution in [0.2, 0.25) is 0 Å². The van der Waals surface area contributed by atoms with E-state index in [1.54, 1.807) is 0 Å². The van der Waals surface area contributed by atoms with E-state index in [2.05, 4.69) is 46.4 Å². The van der Waals surface area contributed by atoms with Crippen molar-refractivity contribution in [1.29, 1.82) is 0 Å². The lowest BCUT2D eigenvalue weighted by molar-refractivity contribution is 0.0188. The second-order valence-electron chi connectivity index (χ2n) is 7.25. The van der Waals surface area contributed by atoms with Gasteiger partial charge in [-0.15, -0.1) is 0 Å². The van der Waals surface area contributed by atoms with Crippen LogP contribution in [0, 0.1) is 12.8 Å². The molecule has 0 atom stereocenters. The Morgan fingerprint density at radius 3 is 2.57 bits per heavy atom. The Morgan fingerprint density at radius 2 is 2.00 bits per heavy atom. The van der Waals surface area contributed by atoms with Crippen LogP contribution in [0.4, 0.5) is 10.5 Å². The molecule has 0 aromatic heterocycles. The van der Waals surface area contributed by atoms with Crippen molar-refractivity contribution < 1.29 is 9.53 Å². The molecule has 1 aromatic rings. The molecule has 1 saturated heterocycles. The van der Waals surface area contributed by atoms with Crippen molar-refractivity contribution >= 4 is 27.7 Å². The van der Waals surface area contributed by atoms with E-state index in [0.29, 0.717) is 5.92 Å². The van der Waals surface area contributed by atoms with Crippen LogP contribution in [-0.2, 0) is 4.74 Å². The Bertz CT molecular complexity index is 546. The fraction of sp³-hybridized carbons (Fsp3) is 0.611. The number of benzene rings is 1. The van der Waals surface area contributed by atoms with E-state index < -0.39 is 5.60 Å². The molecule has 1 N–H and O–H groups in total. The third-order valence-corrected chi connectivity index (χ3v) is 4.53. The van der Waals surface area contributed by atoms with Crippen LogP contribution < -0.4 is 5.32 Å². The Labute approximate surface area is 147 Å². The number of piperidine rings is 1. The van der Waals surface area contributed by atoms with Crippen LogP contribution in [0.5, 0.6) is 0 Å². The van der Waals surface area contributed by atoms with Gasteiger partial charge in [-0.05, 0) is 70.2 Å². The number of anilines is 1. The summed E-state index contributed by atoms with van der Waals surface area (Å²) < 4.78 is 6.54. The lowest BCUT2D eigenvalue weighted by atomic mass is 9.97. The highest BCUT2D eigenvalue weighted by Crippen LogP contribution is 2.23. The van der Waals surface area contributed by atoms with Gasteiger partial charge in [0.05, 0.1) is 0 Å². The Hall–Kier alpha value is -1.23. The normalized spacial score (nSPS) is 16.3. The van der Waals surface area contributed by atoms with Crippen LogP contribution in [-0.4, -0.2) is 36.2 Å². The van der Waals surface area contributed by atoms with Crippen LogP contribution >= 0.6 is 15.9 Å². The summed E-state index contributed by atoms with van der Waals surface area (Å²) in [6.45, 7) is 10.3. The summed E-state index contributed by atoms with van der Waals surface area (Å²) in [5, 5.41) is 3.54. The summed E-state index contributed by atoms with van der Waals surface area (Å²) in [6.07, 6.45) is 1.84. The van der Waals surface area contributed by atoms with Gasteiger partial charge in [0.25, 0.3) is 0 Å². The molecule has 1 amide bonds. The molecule has 0 aliphatic carbocycles. The molecule has 128 valence electrons. The number of likely N-dealkylation sites (tertiary alicyclic amines) is 1. The minimum atomic E-state index is -0.422. The van der Waals surface area contributed by atoms with Gasteiger partial charge in [0, 0.05) is 29.8 Å². The monoisotopic (exact) mass is 382 g/mol. The standard InChI is InChI=1S/C18H27BrN2O2/c1-13-11-15(19)5-6-16(13)20-12-14-7-9-21(10-8-14)17(22)23-18(2,3)4/h5-6,11,14,20H,7-10,12H2,1-4H3. The van der Waals surface area contributed by atoms with E-state index in [0.717, 1.165) is 36.9 Å². The predicted octanol–water partition coefficient (Wildman–Crippen LogP) is 4.82. The van der Waals surface area contributed by atoms with Gasteiger partial charge in [0.15, 0.2) is 0 Å². The number of carbonyl (C=O) groups is 1. The molecule has 1 aliphatic heterocycles. The van der Waals surface area contributed by atoms with E-state index in [1.807, 2.05) is 25.7 Å². The SMILES string of the molecule is Cc1cc(Br)ccc1NCC1CCN(C(=O)OC(C)(C)C)CC1. The number of hydrogen-bond acceptors (Lipinski definition) is 3. The zero-order valence-corrected chi connectivity index (χ0v) is 16.1. The summed E-state index contributed by atoms with van der Waals surface area (Å²) in [7, 11) is 0. The lowest BCUT2D eigenvalue weighted by Gasteiger charge is -2.33. The number of nitrogens with one attached hydrogen (secondary N) is 1. The number of hydrogen-bond donors (Lipinski definition) is 1. The summed E-state index contributed by atoms with van der Waals surface area (Å²) in [5.74, 6) is 0.594. The maximum Gasteiger partial charge on any atom is 0.410 e. The molecule has 1 heterocycles. The van der Waals surface area contributed by atoms with Crippen LogP contribution in [0.15, 0.2) is 22.7 Å². The van der Waals surface area contributed by atoms with Crippen molar-refractivity contribution in [1.82, 2.24) is 4.90 Å². The number of rotatable bonds is 3. The first-order valence-corrected chi connectivity index (χ1v) is 9.02. The molecule has 1 aliphatic rings. The van der Waals surface area contributed by atoms with Crippen molar-refractivity contribution in [2.75, 3.05) is 25.0 Å². The number of aryl methyl sites for hydroxylation is 1. The van der Waals surface area contributed by atoms with Crippen molar-refractivity contribution in [3.63, 3.8) is 0 Å². The second kappa shape index (κ2) is 7.56. The first-order chi connectivity index (χ1) is 10.7. The molecule has 0 unspecified atom stereocenters. The van der Waals surface area contributed by atoms with E-state index in [4.69, 9.17) is 4.74 Å². The number of carbonyl (C=O) groups excluding carboxylic acids is 1. The van der Waals surface area contributed by atoms with Gasteiger partial charge in [-0.3, -0.25) is 0 Å². The molecule has 2 rings (SSSR count). The van der Waals surface area contributed by atoms with Crippen molar-refractivity contribution in [3.8, 4) is 0 Å². The average Bonchev–Trinajstić information content (AvgIpc) is 2.45. The Balaban J connectivity index is 1.77. The number of amides is 1. The molecule has 0 bridgehead atoms. The van der Waals surface area contributed by atoms with Crippen molar-refractivity contribution in [2.45, 2.75) is 46.1 Å². The molecule has 0 spiro atoms. The molecule has 1 aromatic carbocycles. The minimum absolute atomic E-state index is 0.187. The minimum Gasteiger partial charge on any atom is -0.444 e. The summed E-state index contributed by atoms with van der Waals surface area (Å²) >= 11 is 3.49. The van der Waals surface area contributed by atoms with Crippen molar-refractivity contribution in [2.24, 2.45) is 5.92 Å². The maximum atomic E-state index is 12.1. The maximum absolute atomic E-state index is 12.1. The highest BCUT2D eigenvalue weighted by molar-refractivity contribution is 9.10. The van der Waals surface area contributed by atoms with E-state index in [9.17, 15) is 4.79 Å². The summed E-state index contributed by atoms with van der Waals surface area (Å²) in [5.41, 5.74) is 2.00. The molecule has 5 heteroatoms. The number of nitrogens with zero attached hydrogens (tertiary/aromatic N) is 1. The molecule has 23 heavy (non-hydrogen) atoms. The zero-order chi connectivity index (χ0) is 17.0. The summed E-state index contributed by atoms with van der Waals surface area (Å²) in [4.78, 5) is 13.9. The smallest absolute Gasteiger partial charge is 0.410 e. The average molecular weight is 383 g/mol. The lowest BCUT2D eigenvalue weighted by Crippen LogP contribution is -2.42. The highest BCUT2D eigenvalue weighted by Gasteiger charge is 2.26. The van der Waals surface area contributed by atoms with Crippen LogP contribution in [0.25, 0.3) is 0 Å². The third kappa shape index (κ3) is 5.72. The van der Waals surface area contributed by atoms with E-state index in [1.165, 1.54) is 11.3 Å². The molecule has 4 nitrogen and oxygen atoms in total. The van der Waals surface area contributed by atoms with Gasteiger partial charge in [-0.1, -0.05) is 15.9 Å². The van der Waals surface area contributed by atoms with Crippen molar-refractivity contribution in [3.05, 3.63) is 28.2 Å². The highest BCUT2D eigenvalue weighted by atomic mass is 79.9. The fourth-order valence-electron chi connectivity index (χ4n) is 2.73. The Kier molecular flexibility index (Phi) is 5.95. The number of ether oxygens (including phenoxy) is 1. The molecular formula is C18H27BrN2O2. The van der Waals surface area contributed by atoms with Gasteiger partial charge >= 0.3 is 6.09 Å². The fourth-order valence-corrected chi connectivity index (χ4v) is 3.20. The largest absolute Gasteiger partial charge is 0.444 e. The third-order valence-electron chi connectivity index (χ3n) is 4.04. The molecule has 0 saturated carbocycles. The Morgan fingerprint density at radius 1 is 1.35 bits per heavy atom. The predicted molar refractivity (Wildman–Crippen MR) is 97.9 cm³/mol. The van der Waals surface area contributed by atoms with Gasteiger partial charge in [-0.2, -0.15) is 0 Å². The molecule has 1 fully saturated rings. The van der Waals surface area contributed by atoms with Crippen LogP contribution in [0.3, 0.4) is 0 Å². The first kappa shape index (κ1) is 18.1. The molecular weight excluding hydrogens is 356 g/mol. The second-order valence-corrected chi connectivity index (χ2v) is 8.17. The number of halogens is 1. The van der Waals surface area contributed by atoms with Crippen LogP contribution in [0.1, 0.15) is 39.2 Å². The quantitative estimate of drug-likeness (QED) is 0.814. The van der Waals surface area contributed by atoms with E-state index in [-0.39, 0.29) is 6.09 Å². The summed E-state index contributed by atoms with van der Waals surface area (Å²) in [6, 6.07) is 6.28.